The second-order valence-electron chi connectivity index (χ2n) is 7.33. The van der Waals surface area contributed by atoms with Gasteiger partial charge in [0, 0.05) is 11.8 Å². The van der Waals surface area contributed by atoms with E-state index in [0.29, 0.717) is 32.1 Å². The molecule has 0 saturated heterocycles. The first-order valence-corrected chi connectivity index (χ1v) is 10.9. The van der Waals surface area contributed by atoms with E-state index >= 15 is 0 Å². The number of allylic oxidation sites excluding steroid dienone is 1. The first-order chi connectivity index (χ1) is 15.6. The van der Waals surface area contributed by atoms with Crippen molar-refractivity contribution in [2.24, 2.45) is 4.99 Å². The molecular formula is C25H19N3O3S. The maximum absolute atomic E-state index is 13.4. The van der Waals surface area contributed by atoms with Crippen molar-refractivity contribution in [2.45, 2.75) is 13.0 Å². The fraction of sp³-hybridized carbons (Fsp3) is 0.0800. The quantitative estimate of drug-likeness (QED) is 0.527. The summed E-state index contributed by atoms with van der Waals surface area (Å²) in [5, 5.41) is 2.94. The standard InChI is InChI=1S/C25H19N3O3S/c1-16-21(23(29)27-18-11-6-3-7-12-18)22(17-9-4-2-5-10-17)28-24(30)20(32-25(28)26-16)15-19-13-8-14-31-19/h2-15,22H,1H3,(H,27,29)/b20-15-/t22-/m0/s1. The number of anilines is 1. The Labute approximate surface area is 187 Å². The first-order valence-electron chi connectivity index (χ1n) is 10.1. The van der Waals surface area contributed by atoms with Crippen molar-refractivity contribution in [3.63, 3.8) is 0 Å². The highest BCUT2D eigenvalue weighted by Gasteiger charge is 2.32. The van der Waals surface area contributed by atoms with Crippen LogP contribution >= 0.6 is 11.3 Å². The number of nitrogens with zero attached hydrogens (tertiary/aromatic N) is 2. The van der Waals surface area contributed by atoms with Crippen molar-refractivity contribution in [3.05, 3.63) is 121 Å². The number of hydrogen-bond donors (Lipinski definition) is 1. The highest BCUT2D eigenvalue weighted by Crippen LogP contribution is 2.30. The number of aromatic nitrogens is 1. The molecule has 3 heterocycles. The van der Waals surface area contributed by atoms with Gasteiger partial charge in [-0.05, 0) is 36.8 Å². The van der Waals surface area contributed by atoms with Gasteiger partial charge in [-0.25, -0.2) is 4.99 Å². The molecule has 2 aromatic carbocycles. The Morgan fingerprint density at radius 1 is 1.06 bits per heavy atom. The van der Waals surface area contributed by atoms with Crippen LogP contribution in [-0.2, 0) is 4.79 Å². The van der Waals surface area contributed by atoms with Gasteiger partial charge in [0.2, 0.25) is 0 Å². The molecule has 1 aliphatic heterocycles. The summed E-state index contributed by atoms with van der Waals surface area (Å²) in [6, 6.07) is 21.8. The Balaban J connectivity index is 1.68. The number of furan rings is 1. The molecule has 2 aromatic heterocycles. The van der Waals surface area contributed by atoms with Crippen molar-refractivity contribution in [1.29, 1.82) is 0 Å². The molecule has 1 N–H and O–H groups in total. The molecule has 4 aromatic rings. The maximum Gasteiger partial charge on any atom is 0.271 e. The number of amides is 1. The number of nitrogens with one attached hydrogen (secondary N) is 1. The molecule has 7 heteroatoms. The van der Waals surface area contributed by atoms with Crippen LogP contribution in [0.1, 0.15) is 24.3 Å². The summed E-state index contributed by atoms with van der Waals surface area (Å²) in [6.45, 7) is 1.81. The first kappa shape index (κ1) is 20.0. The minimum Gasteiger partial charge on any atom is -0.465 e. The van der Waals surface area contributed by atoms with Crippen LogP contribution < -0.4 is 20.2 Å². The van der Waals surface area contributed by atoms with Crippen molar-refractivity contribution >= 4 is 29.0 Å². The third-order valence-electron chi connectivity index (χ3n) is 5.23. The second kappa shape index (κ2) is 8.28. The lowest BCUT2D eigenvalue weighted by Gasteiger charge is -2.25. The lowest BCUT2D eigenvalue weighted by molar-refractivity contribution is -0.113. The van der Waals surface area contributed by atoms with Crippen molar-refractivity contribution in [3.8, 4) is 0 Å². The summed E-state index contributed by atoms with van der Waals surface area (Å²) >= 11 is 1.28. The Morgan fingerprint density at radius 3 is 2.47 bits per heavy atom. The fourth-order valence-corrected chi connectivity index (χ4v) is 4.81. The lowest BCUT2D eigenvalue weighted by atomic mass is 9.95. The molecule has 5 rings (SSSR count). The zero-order valence-electron chi connectivity index (χ0n) is 17.2. The van der Waals surface area contributed by atoms with Crippen LogP contribution in [0.2, 0.25) is 0 Å². The van der Waals surface area contributed by atoms with E-state index in [-0.39, 0.29) is 11.5 Å². The third kappa shape index (κ3) is 3.63. The average Bonchev–Trinajstić information content (AvgIpc) is 3.42. The van der Waals surface area contributed by atoms with Crippen molar-refractivity contribution in [1.82, 2.24) is 4.57 Å². The van der Waals surface area contributed by atoms with Gasteiger partial charge in [0.05, 0.1) is 28.1 Å². The van der Waals surface area contributed by atoms with Gasteiger partial charge in [-0.1, -0.05) is 59.9 Å². The smallest absolute Gasteiger partial charge is 0.271 e. The highest BCUT2D eigenvalue weighted by atomic mass is 32.1. The largest absolute Gasteiger partial charge is 0.465 e. The van der Waals surface area contributed by atoms with Gasteiger partial charge in [0.15, 0.2) is 4.80 Å². The zero-order valence-corrected chi connectivity index (χ0v) is 18.0. The topological polar surface area (TPSA) is 76.6 Å². The van der Waals surface area contributed by atoms with E-state index < -0.39 is 6.04 Å². The van der Waals surface area contributed by atoms with E-state index in [1.54, 1.807) is 36.0 Å². The van der Waals surface area contributed by atoms with E-state index in [1.165, 1.54) is 11.3 Å². The third-order valence-corrected chi connectivity index (χ3v) is 6.21. The number of thiazole rings is 1. The number of hydrogen-bond acceptors (Lipinski definition) is 5. The van der Waals surface area contributed by atoms with Crippen LogP contribution in [0.25, 0.3) is 6.08 Å². The Bertz CT molecular complexity index is 1480. The summed E-state index contributed by atoms with van der Waals surface area (Å²) < 4.78 is 7.48. The minimum atomic E-state index is -0.588. The van der Waals surface area contributed by atoms with Crippen LogP contribution in [0.15, 0.2) is 105 Å². The molecule has 32 heavy (non-hydrogen) atoms. The number of benzene rings is 2. The van der Waals surface area contributed by atoms with Crippen LogP contribution in [-0.4, -0.2) is 10.5 Å². The summed E-state index contributed by atoms with van der Waals surface area (Å²) in [5.41, 5.74) is 2.33. The Morgan fingerprint density at radius 2 is 1.78 bits per heavy atom. The van der Waals surface area contributed by atoms with E-state index in [9.17, 15) is 9.59 Å². The van der Waals surface area contributed by atoms with E-state index in [4.69, 9.17) is 4.42 Å². The van der Waals surface area contributed by atoms with E-state index in [0.717, 1.165) is 5.56 Å². The van der Waals surface area contributed by atoms with E-state index in [2.05, 4.69) is 10.3 Å². The predicted octanol–water partition coefficient (Wildman–Crippen LogP) is 3.47. The monoisotopic (exact) mass is 441 g/mol. The molecule has 1 amide bonds. The zero-order chi connectivity index (χ0) is 22.1. The lowest BCUT2D eigenvalue weighted by Crippen LogP contribution is -2.40. The molecule has 0 aliphatic carbocycles. The van der Waals surface area contributed by atoms with E-state index in [1.807, 2.05) is 60.7 Å². The van der Waals surface area contributed by atoms with Crippen LogP contribution in [0.5, 0.6) is 0 Å². The van der Waals surface area contributed by atoms with Gasteiger partial charge < -0.3 is 9.73 Å². The summed E-state index contributed by atoms with van der Waals surface area (Å²) in [7, 11) is 0. The van der Waals surface area contributed by atoms with Gasteiger partial charge in [0.1, 0.15) is 5.76 Å². The number of para-hydroxylation sites is 1. The van der Waals surface area contributed by atoms with Gasteiger partial charge in [-0.15, -0.1) is 0 Å². The summed E-state index contributed by atoms with van der Waals surface area (Å²) in [6.07, 6.45) is 3.26. The second-order valence-corrected chi connectivity index (χ2v) is 8.34. The molecule has 0 fully saturated rings. The number of rotatable bonds is 4. The predicted molar refractivity (Wildman–Crippen MR) is 124 cm³/mol. The Hall–Kier alpha value is -3.97. The molecule has 0 unspecified atom stereocenters. The number of carbonyl (C=O) groups excluding carboxylic acids is 1. The molecule has 6 nitrogen and oxygen atoms in total. The average molecular weight is 442 g/mol. The molecule has 1 aliphatic rings. The van der Waals surface area contributed by atoms with Gasteiger partial charge >= 0.3 is 0 Å². The summed E-state index contributed by atoms with van der Waals surface area (Å²) in [5.74, 6) is 0.302. The molecule has 1 atom stereocenters. The summed E-state index contributed by atoms with van der Waals surface area (Å²) in [4.78, 5) is 32.0. The molecular weight excluding hydrogens is 422 g/mol. The maximum atomic E-state index is 13.4. The highest BCUT2D eigenvalue weighted by molar-refractivity contribution is 7.07. The fourth-order valence-electron chi connectivity index (χ4n) is 3.79. The number of fused-ring (bicyclic) bond motifs is 1. The van der Waals surface area contributed by atoms with Crippen LogP contribution in [0.3, 0.4) is 0 Å². The van der Waals surface area contributed by atoms with Crippen molar-refractivity contribution < 1.29 is 9.21 Å². The number of carbonyl (C=O) groups is 1. The van der Waals surface area contributed by atoms with Gasteiger partial charge in [0.25, 0.3) is 11.5 Å². The van der Waals surface area contributed by atoms with Crippen LogP contribution in [0, 0.1) is 0 Å². The minimum absolute atomic E-state index is 0.212. The normalized spacial score (nSPS) is 15.9. The van der Waals surface area contributed by atoms with Crippen molar-refractivity contribution in [2.75, 3.05) is 5.32 Å². The Kier molecular flexibility index (Phi) is 5.17. The molecule has 0 spiro atoms. The van der Waals surface area contributed by atoms with Gasteiger partial charge in [-0.3, -0.25) is 14.2 Å². The van der Waals surface area contributed by atoms with Gasteiger partial charge in [-0.2, -0.15) is 0 Å². The molecule has 0 bridgehead atoms. The molecule has 0 radical (unpaired) electrons. The molecule has 158 valence electrons. The molecule has 0 saturated carbocycles. The SMILES string of the molecule is CC1=C(C(=O)Nc2ccccc2)[C@H](c2ccccc2)n2c(s/c(=C\c3ccco3)c2=O)=N1. The van der Waals surface area contributed by atoms with Crippen LogP contribution in [0.4, 0.5) is 5.69 Å².